The highest BCUT2D eigenvalue weighted by Gasteiger charge is 2.42. The predicted octanol–water partition coefficient (Wildman–Crippen LogP) is 1.27. The molecule has 2 fully saturated rings. The third-order valence-corrected chi connectivity index (χ3v) is 4.24. The van der Waals surface area contributed by atoms with Crippen LogP contribution in [0.3, 0.4) is 0 Å². The normalized spacial score (nSPS) is 22.2. The van der Waals surface area contributed by atoms with E-state index in [-0.39, 0.29) is 0 Å². The van der Waals surface area contributed by atoms with Crippen molar-refractivity contribution in [2.45, 2.75) is 51.5 Å². The minimum absolute atomic E-state index is 0.428. The van der Waals surface area contributed by atoms with Gasteiger partial charge in [0.05, 0.1) is 12.0 Å². The fraction of sp³-hybridized carbons (Fsp3) is 0.833. The third-order valence-electron chi connectivity index (χ3n) is 4.24. The Morgan fingerprint density at radius 1 is 1.39 bits per heavy atom. The summed E-state index contributed by atoms with van der Waals surface area (Å²) in [7, 11) is 0. The van der Waals surface area contributed by atoms with E-state index in [4.69, 9.17) is 0 Å². The Balaban J connectivity index is 1.77. The van der Waals surface area contributed by atoms with E-state index in [1.165, 1.54) is 12.8 Å². The number of tetrazole rings is 1. The highest BCUT2D eigenvalue weighted by Crippen LogP contribution is 2.40. The molecule has 0 bridgehead atoms. The molecule has 0 aromatic carbocycles. The lowest BCUT2D eigenvalue weighted by Gasteiger charge is -2.23. The summed E-state index contributed by atoms with van der Waals surface area (Å²) in [4.78, 5) is 11.5. The smallest absolute Gasteiger partial charge is 0.311 e. The lowest BCUT2D eigenvalue weighted by molar-refractivity contribution is -0.149. The van der Waals surface area contributed by atoms with E-state index in [9.17, 15) is 9.90 Å². The Morgan fingerprint density at radius 2 is 2.11 bits per heavy atom. The van der Waals surface area contributed by atoms with Crippen molar-refractivity contribution in [3.05, 3.63) is 5.82 Å². The van der Waals surface area contributed by atoms with Crippen molar-refractivity contribution in [2.75, 3.05) is 0 Å². The van der Waals surface area contributed by atoms with Gasteiger partial charge in [0.15, 0.2) is 5.82 Å². The molecule has 2 aliphatic carbocycles. The second kappa shape index (κ2) is 4.33. The van der Waals surface area contributed by atoms with Gasteiger partial charge in [0.2, 0.25) is 0 Å². The van der Waals surface area contributed by atoms with Crippen molar-refractivity contribution < 1.29 is 9.90 Å². The second-order valence-electron chi connectivity index (χ2n) is 5.69. The van der Waals surface area contributed by atoms with E-state index >= 15 is 0 Å². The van der Waals surface area contributed by atoms with Crippen LogP contribution in [-0.2, 0) is 17.8 Å². The Hall–Kier alpha value is -1.46. The molecule has 1 aromatic rings. The first-order valence-corrected chi connectivity index (χ1v) is 6.68. The Labute approximate surface area is 105 Å². The summed E-state index contributed by atoms with van der Waals surface area (Å²) in [5.74, 6) is 0.858. The SMILES string of the molecule is O=C(O)C1(Cn2nnnc2CC2CC2)CCCC1. The van der Waals surface area contributed by atoms with E-state index in [0.717, 1.165) is 37.9 Å². The molecule has 0 amide bonds. The lowest BCUT2D eigenvalue weighted by atomic mass is 9.86. The van der Waals surface area contributed by atoms with E-state index < -0.39 is 11.4 Å². The molecule has 6 heteroatoms. The number of hydrogen-bond donors (Lipinski definition) is 1. The monoisotopic (exact) mass is 250 g/mol. The van der Waals surface area contributed by atoms with Crippen LogP contribution < -0.4 is 0 Å². The minimum atomic E-state index is -0.701. The maximum absolute atomic E-state index is 11.5. The highest BCUT2D eigenvalue weighted by atomic mass is 16.4. The number of aromatic nitrogens is 4. The van der Waals surface area contributed by atoms with Crippen molar-refractivity contribution >= 4 is 5.97 Å². The van der Waals surface area contributed by atoms with Crippen LogP contribution in [0.5, 0.6) is 0 Å². The first-order chi connectivity index (χ1) is 8.70. The van der Waals surface area contributed by atoms with Crippen LogP contribution in [-0.4, -0.2) is 31.3 Å². The number of carboxylic acids is 1. The topological polar surface area (TPSA) is 80.9 Å². The molecular weight excluding hydrogens is 232 g/mol. The van der Waals surface area contributed by atoms with E-state index in [1.54, 1.807) is 4.68 Å². The molecule has 1 heterocycles. The molecular formula is C12H18N4O2. The maximum Gasteiger partial charge on any atom is 0.311 e. The van der Waals surface area contributed by atoms with Gasteiger partial charge < -0.3 is 5.11 Å². The van der Waals surface area contributed by atoms with E-state index in [0.29, 0.717) is 12.5 Å². The van der Waals surface area contributed by atoms with Crippen LogP contribution in [0.4, 0.5) is 0 Å². The van der Waals surface area contributed by atoms with Crippen LogP contribution in [0.2, 0.25) is 0 Å². The van der Waals surface area contributed by atoms with Gasteiger partial charge in [0, 0.05) is 6.42 Å². The average Bonchev–Trinajstić information content (AvgIpc) is 2.86. The fourth-order valence-corrected chi connectivity index (χ4v) is 2.85. The molecule has 0 radical (unpaired) electrons. The highest BCUT2D eigenvalue weighted by molar-refractivity contribution is 5.74. The molecule has 0 saturated heterocycles. The molecule has 1 aromatic heterocycles. The quantitative estimate of drug-likeness (QED) is 0.851. The maximum atomic E-state index is 11.5. The number of nitrogens with zero attached hydrogens (tertiary/aromatic N) is 4. The molecule has 98 valence electrons. The standard InChI is InChI=1S/C12H18N4O2/c17-11(18)12(5-1-2-6-12)8-16-10(13-14-15-16)7-9-3-4-9/h9H,1-8H2,(H,17,18). The largest absolute Gasteiger partial charge is 0.481 e. The van der Waals surface area contributed by atoms with Crippen molar-refractivity contribution in [3.8, 4) is 0 Å². The van der Waals surface area contributed by atoms with Gasteiger partial charge in [-0.05, 0) is 42.0 Å². The fourth-order valence-electron chi connectivity index (χ4n) is 2.85. The second-order valence-corrected chi connectivity index (χ2v) is 5.69. The molecule has 0 spiro atoms. The third kappa shape index (κ3) is 2.11. The van der Waals surface area contributed by atoms with Gasteiger partial charge in [0.25, 0.3) is 0 Å². The van der Waals surface area contributed by atoms with Gasteiger partial charge in [-0.15, -0.1) is 5.10 Å². The minimum Gasteiger partial charge on any atom is -0.481 e. The van der Waals surface area contributed by atoms with Crippen LogP contribution >= 0.6 is 0 Å². The molecule has 18 heavy (non-hydrogen) atoms. The number of aliphatic carboxylic acids is 1. The first-order valence-electron chi connectivity index (χ1n) is 6.68. The van der Waals surface area contributed by atoms with Crippen molar-refractivity contribution in [1.82, 2.24) is 20.2 Å². The Morgan fingerprint density at radius 3 is 2.72 bits per heavy atom. The Bertz CT molecular complexity index is 447. The van der Waals surface area contributed by atoms with Crippen molar-refractivity contribution in [3.63, 3.8) is 0 Å². The summed E-state index contributed by atoms with van der Waals surface area (Å²) in [6, 6.07) is 0. The zero-order valence-electron chi connectivity index (χ0n) is 10.4. The lowest BCUT2D eigenvalue weighted by Crippen LogP contribution is -2.33. The summed E-state index contributed by atoms with van der Waals surface area (Å²) in [6.07, 6.45) is 6.85. The summed E-state index contributed by atoms with van der Waals surface area (Å²) >= 11 is 0. The predicted molar refractivity (Wildman–Crippen MR) is 62.8 cm³/mol. The van der Waals surface area contributed by atoms with Crippen molar-refractivity contribution in [1.29, 1.82) is 0 Å². The van der Waals surface area contributed by atoms with E-state index in [1.807, 2.05) is 0 Å². The number of carbonyl (C=O) groups is 1. The zero-order chi connectivity index (χ0) is 12.6. The molecule has 1 N–H and O–H groups in total. The Kier molecular flexibility index (Phi) is 2.80. The molecule has 6 nitrogen and oxygen atoms in total. The number of hydrogen-bond acceptors (Lipinski definition) is 4. The number of carboxylic acid groups (broad SMARTS) is 1. The molecule has 3 rings (SSSR count). The molecule has 2 aliphatic rings. The van der Waals surface area contributed by atoms with E-state index in [2.05, 4.69) is 15.5 Å². The molecule has 0 aliphatic heterocycles. The van der Waals surface area contributed by atoms with Crippen LogP contribution in [0, 0.1) is 11.3 Å². The van der Waals surface area contributed by atoms with Crippen LogP contribution in [0.1, 0.15) is 44.3 Å². The average molecular weight is 250 g/mol. The summed E-state index contributed by atoms with van der Waals surface area (Å²) in [5.41, 5.74) is -0.645. The molecule has 2 saturated carbocycles. The first kappa shape index (κ1) is 11.6. The number of rotatable bonds is 5. The van der Waals surface area contributed by atoms with Gasteiger partial charge in [0.1, 0.15) is 0 Å². The molecule has 0 atom stereocenters. The van der Waals surface area contributed by atoms with Gasteiger partial charge in [-0.3, -0.25) is 4.79 Å². The van der Waals surface area contributed by atoms with Crippen LogP contribution in [0.25, 0.3) is 0 Å². The van der Waals surface area contributed by atoms with Gasteiger partial charge in [-0.1, -0.05) is 12.8 Å². The molecule has 0 unspecified atom stereocenters. The van der Waals surface area contributed by atoms with Gasteiger partial charge >= 0.3 is 5.97 Å². The van der Waals surface area contributed by atoms with Crippen LogP contribution in [0.15, 0.2) is 0 Å². The van der Waals surface area contributed by atoms with Gasteiger partial charge in [-0.2, -0.15) is 0 Å². The summed E-state index contributed by atoms with van der Waals surface area (Å²) in [6.45, 7) is 0.428. The zero-order valence-corrected chi connectivity index (χ0v) is 10.4. The summed E-state index contributed by atoms with van der Waals surface area (Å²) in [5, 5.41) is 21.2. The summed E-state index contributed by atoms with van der Waals surface area (Å²) < 4.78 is 1.72. The van der Waals surface area contributed by atoms with Gasteiger partial charge in [-0.25, -0.2) is 4.68 Å². The van der Waals surface area contributed by atoms with Crippen molar-refractivity contribution in [2.24, 2.45) is 11.3 Å².